The van der Waals surface area contributed by atoms with Gasteiger partial charge < -0.3 is 18.6 Å². The van der Waals surface area contributed by atoms with Crippen LogP contribution in [0.4, 0.5) is 0 Å². The van der Waals surface area contributed by atoms with Crippen LogP contribution in [0.2, 0.25) is 0 Å². The molecule has 1 aromatic carbocycles. The molecule has 2 aromatic rings. The lowest BCUT2D eigenvalue weighted by molar-refractivity contribution is -0.167. The summed E-state index contributed by atoms with van der Waals surface area (Å²) in [5.74, 6) is 0.726. The van der Waals surface area contributed by atoms with E-state index in [4.69, 9.17) is 18.6 Å². The summed E-state index contributed by atoms with van der Waals surface area (Å²) in [4.78, 5) is 12.2. The fraction of sp³-hybridized carbons (Fsp3) is 0.400. The van der Waals surface area contributed by atoms with Gasteiger partial charge in [-0.05, 0) is 37.1 Å². The van der Waals surface area contributed by atoms with E-state index in [2.05, 4.69) is 10.5 Å². The lowest BCUT2D eigenvalue weighted by atomic mass is 9.92. The Kier molecular flexibility index (Phi) is 5.22. The summed E-state index contributed by atoms with van der Waals surface area (Å²) in [7, 11) is 0. The average molecular weight is 370 g/mol. The van der Waals surface area contributed by atoms with Gasteiger partial charge in [-0.3, -0.25) is 4.79 Å². The maximum atomic E-state index is 12.2. The summed E-state index contributed by atoms with van der Waals surface area (Å²) in [5.41, 5.74) is 3.50. The number of hydrazone groups is 1. The van der Waals surface area contributed by atoms with Crippen LogP contribution in [-0.4, -0.2) is 30.6 Å². The lowest BCUT2D eigenvalue weighted by Crippen LogP contribution is -2.36. The molecule has 7 nitrogen and oxygen atoms in total. The molecule has 142 valence electrons. The predicted molar refractivity (Wildman–Crippen MR) is 97.5 cm³/mol. The molecule has 1 aliphatic heterocycles. The molecular formula is C20H22N2O5. The van der Waals surface area contributed by atoms with E-state index < -0.39 is 5.79 Å². The molecule has 1 saturated carbocycles. The topological polar surface area (TPSA) is 82.3 Å². The van der Waals surface area contributed by atoms with E-state index in [1.807, 2.05) is 30.3 Å². The quantitative estimate of drug-likeness (QED) is 0.817. The molecule has 7 heteroatoms. The highest BCUT2D eigenvalue weighted by Crippen LogP contribution is 2.34. The number of nitrogens with one attached hydrogen (secondary N) is 1. The Morgan fingerprint density at radius 1 is 1.07 bits per heavy atom. The molecule has 1 aliphatic carbocycles. The standard InChI is InChI=1S/C20H22N2O5/c23-19(22-21-15-8-10-20(11-9-15)25-12-13-26-20)18-7-6-17(27-18)14-24-16-4-2-1-3-5-16/h1-7H,8-14H2,(H,22,23). The highest BCUT2D eigenvalue weighted by Gasteiger charge is 2.39. The van der Waals surface area contributed by atoms with E-state index in [-0.39, 0.29) is 18.3 Å². The molecule has 0 atom stereocenters. The molecule has 0 radical (unpaired) electrons. The summed E-state index contributed by atoms with van der Waals surface area (Å²) >= 11 is 0. The lowest BCUT2D eigenvalue weighted by Gasteiger charge is -2.31. The number of carbonyl (C=O) groups is 1. The molecule has 2 heterocycles. The minimum absolute atomic E-state index is 0.209. The Balaban J connectivity index is 1.27. The summed E-state index contributed by atoms with van der Waals surface area (Å²) in [6.45, 7) is 1.56. The first-order chi connectivity index (χ1) is 13.2. The van der Waals surface area contributed by atoms with Crippen LogP contribution in [-0.2, 0) is 16.1 Å². The Labute approximate surface area is 157 Å². The highest BCUT2D eigenvalue weighted by atomic mass is 16.7. The third-order valence-corrected chi connectivity index (χ3v) is 4.73. The molecule has 0 unspecified atom stereocenters. The number of carbonyl (C=O) groups excluding carboxylic acids is 1. The van der Waals surface area contributed by atoms with E-state index >= 15 is 0 Å². The summed E-state index contributed by atoms with van der Waals surface area (Å²) in [5, 5.41) is 4.23. The monoisotopic (exact) mass is 370 g/mol. The second kappa shape index (κ2) is 7.94. The van der Waals surface area contributed by atoms with Gasteiger partial charge in [0, 0.05) is 18.6 Å². The first kappa shape index (κ1) is 17.8. The van der Waals surface area contributed by atoms with Gasteiger partial charge in [0.05, 0.1) is 13.2 Å². The molecule has 2 aliphatic rings. The minimum Gasteiger partial charge on any atom is -0.486 e. The van der Waals surface area contributed by atoms with Crippen molar-refractivity contribution in [1.82, 2.24) is 5.43 Å². The Morgan fingerprint density at radius 2 is 1.81 bits per heavy atom. The largest absolute Gasteiger partial charge is 0.486 e. The molecule has 1 amide bonds. The summed E-state index contributed by atoms with van der Waals surface area (Å²) < 4.78 is 22.5. The minimum atomic E-state index is -0.433. The van der Waals surface area contributed by atoms with Crippen molar-refractivity contribution in [3.8, 4) is 5.75 Å². The van der Waals surface area contributed by atoms with Crippen LogP contribution >= 0.6 is 0 Å². The maximum Gasteiger partial charge on any atom is 0.307 e. The van der Waals surface area contributed by atoms with Crippen molar-refractivity contribution in [2.75, 3.05) is 13.2 Å². The molecule has 1 saturated heterocycles. The van der Waals surface area contributed by atoms with E-state index in [9.17, 15) is 4.79 Å². The number of hydrogen-bond acceptors (Lipinski definition) is 6. The first-order valence-electron chi connectivity index (χ1n) is 9.13. The van der Waals surface area contributed by atoms with Crippen LogP contribution in [0.25, 0.3) is 0 Å². The molecule has 0 bridgehead atoms. The van der Waals surface area contributed by atoms with E-state index in [0.29, 0.717) is 19.0 Å². The van der Waals surface area contributed by atoms with E-state index in [1.54, 1.807) is 12.1 Å². The average Bonchev–Trinajstić information content (AvgIpc) is 3.37. The van der Waals surface area contributed by atoms with Gasteiger partial charge >= 0.3 is 5.91 Å². The van der Waals surface area contributed by atoms with E-state index in [1.165, 1.54) is 0 Å². The van der Waals surface area contributed by atoms with Crippen molar-refractivity contribution < 1.29 is 23.4 Å². The van der Waals surface area contributed by atoms with Crippen LogP contribution in [0.5, 0.6) is 5.75 Å². The Hall–Kier alpha value is -2.64. The number of para-hydroxylation sites is 1. The fourth-order valence-corrected chi connectivity index (χ4v) is 3.25. The van der Waals surface area contributed by atoms with Gasteiger partial charge in [0.2, 0.25) is 0 Å². The molecule has 1 aromatic heterocycles. The van der Waals surface area contributed by atoms with Crippen LogP contribution in [0, 0.1) is 0 Å². The number of benzene rings is 1. The smallest absolute Gasteiger partial charge is 0.307 e. The van der Waals surface area contributed by atoms with Crippen molar-refractivity contribution >= 4 is 11.6 Å². The second-order valence-electron chi connectivity index (χ2n) is 6.59. The SMILES string of the molecule is O=C(NN=C1CCC2(CC1)OCCO2)c1ccc(COc2ccccc2)o1. The van der Waals surface area contributed by atoms with Crippen LogP contribution < -0.4 is 10.2 Å². The van der Waals surface area contributed by atoms with E-state index in [0.717, 1.165) is 37.1 Å². The van der Waals surface area contributed by atoms with Gasteiger partial charge in [0.1, 0.15) is 18.1 Å². The summed E-state index contributed by atoms with van der Waals surface area (Å²) in [6, 6.07) is 12.8. The number of nitrogens with zero attached hydrogens (tertiary/aromatic N) is 1. The first-order valence-corrected chi connectivity index (χ1v) is 9.13. The summed E-state index contributed by atoms with van der Waals surface area (Å²) in [6.07, 6.45) is 3.02. The zero-order chi connectivity index (χ0) is 18.5. The van der Waals surface area contributed by atoms with Crippen molar-refractivity contribution in [3.05, 3.63) is 54.0 Å². The van der Waals surface area contributed by atoms with Gasteiger partial charge in [-0.25, -0.2) is 5.43 Å². The van der Waals surface area contributed by atoms with Crippen molar-refractivity contribution in [2.24, 2.45) is 5.10 Å². The zero-order valence-corrected chi connectivity index (χ0v) is 15.0. The van der Waals surface area contributed by atoms with Crippen molar-refractivity contribution in [3.63, 3.8) is 0 Å². The Morgan fingerprint density at radius 3 is 2.56 bits per heavy atom. The molecule has 1 N–H and O–H groups in total. The number of ether oxygens (including phenoxy) is 3. The third-order valence-electron chi connectivity index (χ3n) is 4.73. The number of furan rings is 1. The second-order valence-corrected chi connectivity index (χ2v) is 6.59. The highest BCUT2D eigenvalue weighted by molar-refractivity contribution is 5.93. The van der Waals surface area contributed by atoms with Crippen LogP contribution in [0.15, 0.2) is 52.0 Å². The van der Waals surface area contributed by atoms with Gasteiger partial charge in [0.25, 0.3) is 0 Å². The van der Waals surface area contributed by atoms with Gasteiger partial charge in [-0.15, -0.1) is 0 Å². The van der Waals surface area contributed by atoms with Gasteiger partial charge in [-0.2, -0.15) is 5.10 Å². The number of rotatable bonds is 5. The van der Waals surface area contributed by atoms with Gasteiger partial charge in [-0.1, -0.05) is 18.2 Å². The maximum absolute atomic E-state index is 12.2. The zero-order valence-electron chi connectivity index (χ0n) is 15.0. The molecule has 1 spiro atoms. The van der Waals surface area contributed by atoms with Gasteiger partial charge in [0.15, 0.2) is 11.5 Å². The molecule has 4 rings (SSSR count). The van der Waals surface area contributed by atoms with Crippen LogP contribution in [0.1, 0.15) is 42.0 Å². The molecule has 2 fully saturated rings. The third kappa shape index (κ3) is 4.37. The molecule has 27 heavy (non-hydrogen) atoms. The number of amides is 1. The number of hydrogen-bond donors (Lipinski definition) is 1. The van der Waals surface area contributed by atoms with Crippen molar-refractivity contribution in [1.29, 1.82) is 0 Å². The molecular weight excluding hydrogens is 348 g/mol. The normalized spacial score (nSPS) is 18.4. The predicted octanol–water partition coefficient (Wildman–Crippen LogP) is 3.26. The fourth-order valence-electron chi connectivity index (χ4n) is 3.25. The van der Waals surface area contributed by atoms with Crippen molar-refractivity contribution in [2.45, 2.75) is 38.1 Å². The Bertz CT molecular complexity index is 797. The van der Waals surface area contributed by atoms with Crippen LogP contribution in [0.3, 0.4) is 0 Å².